The van der Waals surface area contributed by atoms with Crippen LogP contribution < -0.4 is 0 Å². The Labute approximate surface area is 109 Å². The fraction of sp³-hybridized carbons (Fsp3) is 0.929. The molecule has 0 aliphatic heterocycles. The van der Waals surface area contributed by atoms with E-state index in [0.717, 1.165) is 25.7 Å². The van der Waals surface area contributed by atoms with Crippen molar-refractivity contribution >= 4 is 5.97 Å². The Hall–Kier alpha value is -0.610. The fourth-order valence-corrected chi connectivity index (χ4v) is 2.75. The van der Waals surface area contributed by atoms with E-state index in [-0.39, 0.29) is 5.92 Å². The van der Waals surface area contributed by atoms with Crippen LogP contribution in [-0.4, -0.2) is 28.1 Å². The lowest BCUT2D eigenvalue weighted by Gasteiger charge is -2.32. The molecule has 1 aliphatic carbocycles. The Morgan fingerprint density at radius 2 is 1.83 bits per heavy atom. The van der Waals surface area contributed by atoms with Gasteiger partial charge in [-0.2, -0.15) is 0 Å². The van der Waals surface area contributed by atoms with Gasteiger partial charge in [-0.25, -0.2) is 0 Å². The molecule has 0 amide bonds. The summed E-state index contributed by atoms with van der Waals surface area (Å²) < 4.78 is 5.50. The van der Waals surface area contributed by atoms with Gasteiger partial charge in [0.1, 0.15) is 0 Å². The van der Waals surface area contributed by atoms with E-state index in [1.54, 1.807) is 0 Å². The molecule has 1 saturated carbocycles. The number of ether oxygens (including phenoxy) is 1. The van der Waals surface area contributed by atoms with Gasteiger partial charge in [-0.3, -0.25) is 4.79 Å². The maximum Gasteiger partial charge on any atom is 0.309 e. The lowest BCUT2D eigenvalue weighted by atomic mass is 9.78. The molecule has 1 aliphatic rings. The Balaban J connectivity index is 2.62. The number of carbonyl (C=O) groups is 1. The average Bonchev–Trinajstić information content (AvgIpc) is 2.64. The highest BCUT2D eigenvalue weighted by atomic mass is 16.6. The second kappa shape index (κ2) is 5.57. The van der Waals surface area contributed by atoms with Gasteiger partial charge >= 0.3 is 5.97 Å². The zero-order valence-electron chi connectivity index (χ0n) is 11.9. The molecule has 106 valence electrons. The summed E-state index contributed by atoms with van der Waals surface area (Å²) >= 11 is 0. The molecule has 4 heteroatoms. The lowest BCUT2D eigenvalue weighted by molar-refractivity contribution is -0.195. The number of aliphatic hydroxyl groups is 1. The van der Waals surface area contributed by atoms with Crippen molar-refractivity contribution in [3.05, 3.63) is 0 Å². The van der Waals surface area contributed by atoms with E-state index in [9.17, 15) is 15.0 Å². The highest BCUT2D eigenvalue weighted by molar-refractivity contribution is 5.75. The molecule has 1 rings (SSSR count). The van der Waals surface area contributed by atoms with Gasteiger partial charge in [0.05, 0.1) is 11.0 Å². The zero-order chi connectivity index (χ0) is 14.0. The van der Waals surface area contributed by atoms with Crippen LogP contribution in [0, 0.1) is 11.3 Å². The number of aliphatic carboxylic acids is 1. The second-order valence-electron chi connectivity index (χ2n) is 6.59. The third kappa shape index (κ3) is 3.95. The van der Waals surface area contributed by atoms with Gasteiger partial charge in [0.25, 0.3) is 0 Å². The third-order valence-electron chi connectivity index (χ3n) is 3.69. The molecule has 0 aromatic rings. The Bertz CT molecular complexity index is 287. The van der Waals surface area contributed by atoms with Crippen LogP contribution in [0.15, 0.2) is 0 Å². The summed E-state index contributed by atoms with van der Waals surface area (Å²) in [5, 5.41) is 19.4. The van der Waals surface area contributed by atoms with Crippen LogP contribution >= 0.6 is 0 Å². The largest absolute Gasteiger partial charge is 0.481 e. The van der Waals surface area contributed by atoms with Crippen molar-refractivity contribution in [2.45, 2.75) is 71.7 Å². The van der Waals surface area contributed by atoms with Crippen molar-refractivity contribution in [1.29, 1.82) is 0 Å². The molecule has 0 unspecified atom stereocenters. The summed E-state index contributed by atoms with van der Waals surface area (Å²) in [6.45, 7) is 7.50. The summed E-state index contributed by atoms with van der Waals surface area (Å²) in [5.41, 5.74) is -1.07. The van der Waals surface area contributed by atoms with E-state index in [2.05, 4.69) is 0 Å². The zero-order valence-corrected chi connectivity index (χ0v) is 11.9. The van der Waals surface area contributed by atoms with Gasteiger partial charge in [-0.15, -0.1) is 0 Å². The first kappa shape index (κ1) is 15.4. The first-order chi connectivity index (χ1) is 8.16. The van der Waals surface area contributed by atoms with Gasteiger partial charge in [0.2, 0.25) is 0 Å². The van der Waals surface area contributed by atoms with Crippen molar-refractivity contribution in [3.8, 4) is 0 Å². The second-order valence-corrected chi connectivity index (χ2v) is 6.59. The molecule has 0 saturated heterocycles. The molecule has 0 radical (unpaired) electrons. The molecule has 0 spiro atoms. The minimum Gasteiger partial charge on any atom is -0.481 e. The van der Waals surface area contributed by atoms with Crippen LogP contribution in [0.3, 0.4) is 0 Å². The minimum absolute atomic E-state index is 0.168. The van der Waals surface area contributed by atoms with Crippen LogP contribution in [0.2, 0.25) is 0 Å². The predicted octanol–water partition coefficient (Wildman–Crippen LogP) is 2.79. The molecule has 4 nitrogen and oxygen atoms in total. The summed E-state index contributed by atoms with van der Waals surface area (Å²) in [5.74, 6) is -0.895. The van der Waals surface area contributed by atoms with Crippen LogP contribution in [0.4, 0.5) is 0 Å². The van der Waals surface area contributed by atoms with Gasteiger partial charge < -0.3 is 14.9 Å². The maximum absolute atomic E-state index is 11.4. The molecule has 2 atom stereocenters. The lowest BCUT2D eigenvalue weighted by Crippen LogP contribution is -2.37. The fourth-order valence-electron chi connectivity index (χ4n) is 2.75. The number of carboxylic acid groups (broad SMARTS) is 1. The van der Waals surface area contributed by atoms with E-state index >= 15 is 0 Å². The first-order valence-electron chi connectivity index (χ1n) is 6.76. The quantitative estimate of drug-likeness (QED) is 0.744. The average molecular weight is 258 g/mol. The highest BCUT2D eigenvalue weighted by Gasteiger charge is 2.43. The molecule has 2 N–H and O–H groups in total. The van der Waals surface area contributed by atoms with Gasteiger partial charge in [-0.1, -0.05) is 19.8 Å². The number of hydrogen-bond donors (Lipinski definition) is 2. The predicted molar refractivity (Wildman–Crippen MR) is 69.2 cm³/mol. The molecular formula is C14H26O4. The molecule has 0 aromatic carbocycles. The number of hydrogen-bond acceptors (Lipinski definition) is 3. The first-order valence-corrected chi connectivity index (χ1v) is 6.76. The minimum atomic E-state index is -0.901. The molecule has 18 heavy (non-hydrogen) atoms. The highest BCUT2D eigenvalue weighted by Crippen LogP contribution is 2.44. The van der Waals surface area contributed by atoms with Crippen LogP contribution in [0.5, 0.6) is 0 Å². The number of aliphatic hydroxyl groups excluding tert-OH is 1. The van der Waals surface area contributed by atoms with Crippen molar-refractivity contribution in [3.63, 3.8) is 0 Å². The Morgan fingerprint density at radius 1 is 1.33 bits per heavy atom. The molecular weight excluding hydrogens is 232 g/mol. The Morgan fingerprint density at radius 3 is 2.22 bits per heavy atom. The van der Waals surface area contributed by atoms with Crippen LogP contribution in [-0.2, 0) is 9.53 Å². The van der Waals surface area contributed by atoms with Crippen molar-refractivity contribution < 1.29 is 19.7 Å². The summed E-state index contributed by atoms with van der Waals surface area (Å²) in [7, 11) is 0. The maximum atomic E-state index is 11.4. The van der Waals surface area contributed by atoms with E-state index in [1.807, 2.05) is 27.7 Å². The Kier molecular flexibility index (Phi) is 4.78. The third-order valence-corrected chi connectivity index (χ3v) is 3.69. The van der Waals surface area contributed by atoms with Crippen LogP contribution in [0.25, 0.3) is 0 Å². The van der Waals surface area contributed by atoms with E-state index in [1.165, 1.54) is 0 Å². The van der Waals surface area contributed by atoms with Crippen molar-refractivity contribution in [2.24, 2.45) is 11.3 Å². The smallest absolute Gasteiger partial charge is 0.309 e. The van der Waals surface area contributed by atoms with Gasteiger partial charge in [0.15, 0.2) is 6.29 Å². The number of carboxylic acids is 1. The summed E-state index contributed by atoms with van der Waals surface area (Å²) in [6.07, 6.45) is 2.95. The van der Waals surface area contributed by atoms with E-state index in [0.29, 0.717) is 6.42 Å². The van der Waals surface area contributed by atoms with Crippen LogP contribution in [0.1, 0.15) is 59.8 Å². The van der Waals surface area contributed by atoms with Gasteiger partial charge in [-0.05, 0) is 40.0 Å². The topological polar surface area (TPSA) is 66.8 Å². The van der Waals surface area contributed by atoms with E-state index in [4.69, 9.17) is 4.74 Å². The number of rotatable bonds is 5. The molecule has 0 aromatic heterocycles. The monoisotopic (exact) mass is 258 g/mol. The molecule has 0 bridgehead atoms. The van der Waals surface area contributed by atoms with Crippen molar-refractivity contribution in [1.82, 2.24) is 0 Å². The van der Waals surface area contributed by atoms with Crippen molar-refractivity contribution in [2.75, 3.05) is 0 Å². The molecule has 1 fully saturated rings. The summed E-state index contributed by atoms with van der Waals surface area (Å²) in [4.78, 5) is 11.4. The normalized spacial score (nSPS) is 22.7. The SMILES string of the molecule is C[C@H](CC1(C(=O)O)CCCC1)[C@H](O)OC(C)(C)C. The molecule has 0 heterocycles. The van der Waals surface area contributed by atoms with E-state index < -0.39 is 23.3 Å². The van der Waals surface area contributed by atoms with Gasteiger partial charge in [0, 0.05) is 5.92 Å². The summed E-state index contributed by atoms with van der Waals surface area (Å²) in [6, 6.07) is 0. The standard InChI is InChI=1S/C14H26O4/c1-10(11(15)18-13(2,3)4)9-14(12(16)17)7-5-6-8-14/h10-11,15H,5-9H2,1-4H3,(H,16,17)/t10-,11-/m1/s1.